The van der Waals surface area contributed by atoms with E-state index in [9.17, 15) is 28.5 Å². The normalized spacial score (nSPS) is 15.3. The number of halogens is 2. The Hall–Kier alpha value is -4.01. The number of hydrogen-bond acceptors (Lipinski definition) is 5. The van der Waals surface area contributed by atoms with Gasteiger partial charge in [0.2, 0.25) is 0 Å². The van der Waals surface area contributed by atoms with Crippen LogP contribution in [0.3, 0.4) is 0 Å². The molecule has 1 aromatic heterocycles. The number of hydrogen-bond donors (Lipinski definition) is 0. The molecule has 1 aliphatic rings. The second-order valence-corrected chi connectivity index (χ2v) is 6.29. The molecule has 2 heterocycles. The molecule has 0 N–H and O–H groups in total. The zero-order valence-electron chi connectivity index (χ0n) is 14.6. The Morgan fingerprint density at radius 2 is 1.83 bits per heavy atom. The van der Waals surface area contributed by atoms with Crippen molar-refractivity contribution in [2.45, 2.75) is 6.04 Å². The topological polar surface area (TPSA) is 93.4 Å². The lowest BCUT2D eigenvalue weighted by Crippen LogP contribution is -2.35. The van der Waals surface area contributed by atoms with Gasteiger partial charge in [0.05, 0.1) is 16.2 Å². The van der Waals surface area contributed by atoms with Gasteiger partial charge in [-0.05, 0) is 30.3 Å². The number of aromatic nitrogens is 1. The largest absolute Gasteiger partial charge is 0.269 e. The third-order valence-corrected chi connectivity index (χ3v) is 4.61. The fourth-order valence-electron chi connectivity index (χ4n) is 3.27. The van der Waals surface area contributed by atoms with Gasteiger partial charge in [-0.25, -0.2) is 8.78 Å². The molecule has 0 saturated heterocycles. The first kappa shape index (κ1) is 18.4. The number of nitrogens with zero attached hydrogens (tertiary/aromatic N) is 3. The lowest BCUT2D eigenvalue weighted by atomic mass is 10.0. The quantitative estimate of drug-likeness (QED) is 0.383. The van der Waals surface area contributed by atoms with Crippen molar-refractivity contribution in [2.75, 3.05) is 0 Å². The van der Waals surface area contributed by atoms with Gasteiger partial charge in [0.25, 0.3) is 17.5 Å². The van der Waals surface area contributed by atoms with E-state index < -0.39 is 34.4 Å². The lowest BCUT2D eigenvalue weighted by Gasteiger charge is -2.24. The first-order valence-corrected chi connectivity index (χ1v) is 8.40. The standard InChI is InChI=1S/C20H11F2N3O4/c21-12-5-8-14(16(22)10-12)18-17-15(2-1-9-23-17)20(27)24(18)19(26)11-3-6-13(7-4-11)25(28)29/h1-10,18H. The van der Waals surface area contributed by atoms with Crippen LogP contribution in [0.15, 0.2) is 60.8 Å². The van der Waals surface area contributed by atoms with Crippen LogP contribution < -0.4 is 0 Å². The van der Waals surface area contributed by atoms with Crippen molar-refractivity contribution in [1.29, 1.82) is 0 Å². The van der Waals surface area contributed by atoms with Gasteiger partial charge in [-0.2, -0.15) is 0 Å². The van der Waals surface area contributed by atoms with E-state index in [0.717, 1.165) is 29.2 Å². The van der Waals surface area contributed by atoms with Gasteiger partial charge >= 0.3 is 0 Å². The van der Waals surface area contributed by atoms with E-state index in [0.29, 0.717) is 6.07 Å². The molecule has 1 atom stereocenters. The number of nitro groups is 1. The minimum Gasteiger partial charge on any atom is -0.269 e. The molecule has 0 saturated carbocycles. The van der Waals surface area contributed by atoms with Gasteiger partial charge in [0.15, 0.2) is 0 Å². The number of carbonyl (C=O) groups excluding carboxylic acids is 2. The summed E-state index contributed by atoms with van der Waals surface area (Å²) in [5, 5.41) is 10.8. The predicted molar refractivity (Wildman–Crippen MR) is 96.0 cm³/mol. The van der Waals surface area contributed by atoms with Crippen LogP contribution >= 0.6 is 0 Å². The van der Waals surface area contributed by atoms with Gasteiger partial charge < -0.3 is 0 Å². The van der Waals surface area contributed by atoms with Crippen molar-refractivity contribution in [3.8, 4) is 0 Å². The van der Waals surface area contributed by atoms with Gasteiger partial charge in [-0.15, -0.1) is 0 Å². The average Bonchev–Trinajstić information content (AvgIpc) is 3.00. The summed E-state index contributed by atoms with van der Waals surface area (Å²) >= 11 is 0. The number of carbonyl (C=O) groups is 2. The van der Waals surface area contributed by atoms with Crippen molar-refractivity contribution in [1.82, 2.24) is 9.88 Å². The molecule has 2 amide bonds. The van der Waals surface area contributed by atoms with Crippen LogP contribution in [0.25, 0.3) is 0 Å². The van der Waals surface area contributed by atoms with Gasteiger partial charge in [0, 0.05) is 35.5 Å². The number of benzene rings is 2. The summed E-state index contributed by atoms with van der Waals surface area (Å²) in [6.45, 7) is 0. The zero-order valence-corrected chi connectivity index (χ0v) is 14.6. The van der Waals surface area contributed by atoms with Crippen LogP contribution in [0.2, 0.25) is 0 Å². The molecule has 4 rings (SSSR count). The fraction of sp³-hybridized carbons (Fsp3) is 0.0500. The van der Waals surface area contributed by atoms with E-state index >= 15 is 0 Å². The van der Waals surface area contributed by atoms with E-state index in [1.54, 1.807) is 0 Å². The van der Waals surface area contributed by atoms with Gasteiger partial charge in [0.1, 0.15) is 17.7 Å². The van der Waals surface area contributed by atoms with Crippen LogP contribution in [0.5, 0.6) is 0 Å². The molecular formula is C20H11F2N3O4. The number of imide groups is 1. The lowest BCUT2D eigenvalue weighted by molar-refractivity contribution is -0.384. The summed E-state index contributed by atoms with van der Waals surface area (Å²) in [7, 11) is 0. The fourth-order valence-corrected chi connectivity index (χ4v) is 3.27. The Bertz CT molecular complexity index is 1160. The molecule has 7 nitrogen and oxygen atoms in total. The molecule has 3 aromatic rings. The highest BCUT2D eigenvalue weighted by Gasteiger charge is 2.44. The van der Waals surface area contributed by atoms with Crippen molar-refractivity contribution in [2.24, 2.45) is 0 Å². The Morgan fingerprint density at radius 1 is 1.10 bits per heavy atom. The van der Waals surface area contributed by atoms with Crippen LogP contribution in [-0.4, -0.2) is 26.6 Å². The third kappa shape index (κ3) is 3.02. The van der Waals surface area contributed by atoms with Crippen LogP contribution in [0.1, 0.15) is 38.0 Å². The van der Waals surface area contributed by atoms with Gasteiger partial charge in [-0.1, -0.05) is 6.07 Å². The molecule has 0 spiro atoms. The van der Waals surface area contributed by atoms with Crippen molar-refractivity contribution >= 4 is 17.5 Å². The average molecular weight is 395 g/mol. The summed E-state index contributed by atoms with van der Waals surface area (Å²) < 4.78 is 27.9. The SMILES string of the molecule is O=C(c1ccc([N+](=O)[O-])cc1)N1C(=O)c2cccnc2C1c1ccc(F)cc1F. The molecule has 1 unspecified atom stereocenters. The summed E-state index contributed by atoms with van der Waals surface area (Å²) in [6.07, 6.45) is 1.40. The first-order valence-electron chi connectivity index (χ1n) is 8.40. The summed E-state index contributed by atoms with van der Waals surface area (Å²) in [6, 6.07) is 9.30. The Morgan fingerprint density at radius 3 is 2.48 bits per heavy atom. The molecule has 2 aromatic carbocycles. The van der Waals surface area contributed by atoms with Crippen molar-refractivity contribution < 1.29 is 23.3 Å². The van der Waals surface area contributed by atoms with E-state index in [1.165, 1.54) is 30.5 Å². The second kappa shape index (κ2) is 6.86. The molecule has 0 fully saturated rings. The molecule has 29 heavy (non-hydrogen) atoms. The highest BCUT2D eigenvalue weighted by molar-refractivity contribution is 6.13. The third-order valence-electron chi connectivity index (χ3n) is 4.61. The van der Waals surface area contributed by atoms with E-state index in [4.69, 9.17) is 0 Å². The summed E-state index contributed by atoms with van der Waals surface area (Å²) in [4.78, 5) is 41.1. The predicted octanol–water partition coefficient (Wildman–Crippen LogP) is 3.65. The number of nitro benzene ring substituents is 1. The Labute approximate surface area is 162 Å². The zero-order chi connectivity index (χ0) is 20.7. The maximum atomic E-state index is 14.5. The van der Waals surface area contributed by atoms with E-state index in [-0.39, 0.29) is 28.1 Å². The minimum atomic E-state index is -1.19. The van der Waals surface area contributed by atoms with Crippen LogP contribution in [0.4, 0.5) is 14.5 Å². The summed E-state index contributed by atoms with van der Waals surface area (Å²) in [5.74, 6) is -3.20. The van der Waals surface area contributed by atoms with Crippen molar-refractivity contribution in [3.63, 3.8) is 0 Å². The maximum absolute atomic E-state index is 14.5. The minimum absolute atomic E-state index is 0.00396. The molecular weight excluding hydrogens is 384 g/mol. The maximum Gasteiger partial charge on any atom is 0.269 e. The number of amides is 2. The van der Waals surface area contributed by atoms with Crippen LogP contribution in [-0.2, 0) is 0 Å². The van der Waals surface area contributed by atoms with E-state index in [1.807, 2.05) is 0 Å². The number of non-ortho nitro benzene ring substituents is 1. The second-order valence-electron chi connectivity index (χ2n) is 6.29. The van der Waals surface area contributed by atoms with E-state index in [2.05, 4.69) is 4.98 Å². The van der Waals surface area contributed by atoms with Gasteiger partial charge in [-0.3, -0.25) is 29.6 Å². The monoisotopic (exact) mass is 395 g/mol. The first-order chi connectivity index (χ1) is 13.9. The Balaban J connectivity index is 1.83. The molecule has 0 radical (unpaired) electrons. The molecule has 144 valence electrons. The molecule has 0 aliphatic carbocycles. The number of rotatable bonds is 3. The molecule has 1 aliphatic heterocycles. The molecule has 0 bridgehead atoms. The molecule has 9 heteroatoms. The highest BCUT2D eigenvalue weighted by Crippen LogP contribution is 2.39. The number of fused-ring (bicyclic) bond motifs is 1. The highest BCUT2D eigenvalue weighted by atomic mass is 19.1. The summed E-state index contributed by atoms with van der Waals surface area (Å²) in [5.41, 5.74) is -0.0214. The Kier molecular flexibility index (Phi) is 4.34. The van der Waals surface area contributed by atoms with Crippen molar-refractivity contribution in [3.05, 3.63) is 105 Å². The smallest absolute Gasteiger partial charge is 0.269 e. The van der Waals surface area contributed by atoms with Crippen LogP contribution in [0, 0.1) is 21.7 Å². The number of pyridine rings is 1.